The molecular weight excluding hydrogens is 473 g/mol. The second-order valence-corrected chi connectivity index (χ2v) is 9.10. The minimum atomic E-state index is -0.821. The van der Waals surface area contributed by atoms with Gasteiger partial charge in [0.25, 0.3) is 0 Å². The van der Waals surface area contributed by atoms with E-state index in [1.54, 1.807) is 49.7 Å². The molecule has 3 aromatic carbocycles. The van der Waals surface area contributed by atoms with Gasteiger partial charge in [-0.3, -0.25) is 9.89 Å². The van der Waals surface area contributed by atoms with Gasteiger partial charge in [0.15, 0.2) is 0 Å². The first-order chi connectivity index (χ1) is 16.8. The monoisotopic (exact) mass is 493 g/mol. The van der Waals surface area contributed by atoms with Crippen molar-refractivity contribution in [1.82, 2.24) is 10.2 Å². The smallest absolute Gasteiger partial charge is 0.316 e. The lowest BCUT2D eigenvalue weighted by Crippen LogP contribution is -2.57. The predicted octanol–water partition coefficient (Wildman–Crippen LogP) is 5.96. The summed E-state index contributed by atoms with van der Waals surface area (Å²) in [6, 6.07) is 15.4. The highest BCUT2D eigenvalue weighted by Gasteiger charge is 2.42. The summed E-state index contributed by atoms with van der Waals surface area (Å²) in [5.41, 5.74) is 3.71. The van der Waals surface area contributed by atoms with Crippen LogP contribution in [0, 0.1) is 10.7 Å². The van der Waals surface area contributed by atoms with E-state index < -0.39 is 17.3 Å². The van der Waals surface area contributed by atoms with Gasteiger partial charge in [0.05, 0.1) is 40.3 Å². The van der Waals surface area contributed by atoms with Crippen LogP contribution in [-0.2, 0) is 4.74 Å². The molecule has 1 aromatic heterocycles. The number of rotatable bonds is 5. The molecule has 5 rings (SSSR count). The van der Waals surface area contributed by atoms with E-state index >= 15 is 0 Å². The van der Waals surface area contributed by atoms with Crippen molar-refractivity contribution in [2.45, 2.75) is 12.5 Å². The molecule has 8 nitrogen and oxygen atoms in total. The number of ether oxygens (including phenoxy) is 1. The molecule has 1 aliphatic heterocycles. The predicted molar refractivity (Wildman–Crippen MR) is 133 cm³/mol. The van der Waals surface area contributed by atoms with E-state index in [1.165, 1.54) is 6.07 Å². The number of H-pyrrole nitrogens is 1. The SMILES string of the molecule is COC[C@]1(C)CN(c2ccc(C(=O)N=O)cc2)c2cc3[nH]ncc3cc2N1c1ccc(F)c(Cl)c1. The molecule has 0 aliphatic carbocycles. The number of carbonyl (C=O) groups is 1. The van der Waals surface area contributed by atoms with E-state index in [0.29, 0.717) is 13.2 Å². The number of halogens is 2. The zero-order valence-corrected chi connectivity index (χ0v) is 19.7. The maximum absolute atomic E-state index is 14.0. The Bertz CT molecular complexity index is 1440. The van der Waals surface area contributed by atoms with Gasteiger partial charge in [-0.15, -0.1) is 4.91 Å². The van der Waals surface area contributed by atoms with Gasteiger partial charge in [0.1, 0.15) is 5.82 Å². The Morgan fingerprint density at radius 2 is 1.91 bits per heavy atom. The fourth-order valence-electron chi connectivity index (χ4n) is 4.71. The van der Waals surface area contributed by atoms with E-state index in [2.05, 4.69) is 32.1 Å². The first-order valence-electron chi connectivity index (χ1n) is 10.8. The van der Waals surface area contributed by atoms with Crippen molar-refractivity contribution in [3.63, 3.8) is 0 Å². The lowest BCUT2D eigenvalue weighted by Gasteiger charge is -2.51. The molecule has 1 aliphatic rings. The highest BCUT2D eigenvalue weighted by atomic mass is 35.5. The third kappa shape index (κ3) is 3.92. The van der Waals surface area contributed by atoms with Crippen LogP contribution >= 0.6 is 11.6 Å². The number of nitrogens with zero attached hydrogens (tertiary/aromatic N) is 4. The van der Waals surface area contributed by atoms with Crippen molar-refractivity contribution in [3.8, 4) is 0 Å². The van der Waals surface area contributed by atoms with Crippen LogP contribution < -0.4 is 9.80 Å². The Morgan fingerprint density at radius 3 is 2.60 bits per heavy atom. The highest BCUT2D eigenvalue weighted by molar-refractivity contribution is 6.31. The third-order valence-corrected chi connectivity index (χ3v) is 6.52. The number of fused-ring (bicyclic) bond motifs is 2. The van der Waals surface area contributed by atoms with Crippen molar-refractivity contribution in [2.75, 3.05) is 30.1 Å². The molecule has 1 N–H and O–H groups in total. The number of nitrogens with one attached hydrogen (secondary N) is 1. The minimum absolute atomic E-state index is 0.0275. The van der Waals surface area contributed by atoms with Gasteiger partial charge < -0.3 is 14.5 Å². The molecule has 2 heterocycles. The van der Waals surface area contributed by atoms with Crippen LogP contribution in [0.25, 0.3) is 10.9 Å². The molecule has 35 heavy (non-hydrogen) atoms. The number of hydrogen-bond acceptors (Lipinski definition) is 6. The molecule has 1 atom stereocenters. The molecule has 0 saturated heterocycles. The summed E-state index contributed by atoms with van der Waals surface area (Å²) in [4.78, 5) is 26.6. The largest absolute Gasteiger partial charge is 0.382 e. The van der Waals surface area contributed by atoms with Crippen molar-refractivity contribution < 1.29 is 13.9 Å². The number of methoxy groups -OCH3 is 1. The van der Waals surface area contributed by atoms with E-state index in [4.69, 9.17) is 16.3 Å². The quantitative estimate of drug-likeness (QED) is 0.345. The molecule has 0 radical (unpaired) electrons. The number of nitroso groups, excluding NO2 is 1. The van der Waals surface area contributed by atoms with Gasteiger partial charge >= 0.3 is 5.91 Å². The average molecular weight is 494 g/mol. The number of benzene rings is 3. The summed E-state index contributed by atoms with van der Waals surface area (Å²) < 4.78 is 19.7. The van der Waals surface area contributed by atoms with E-state index in [1.807, 2.05) is 12.1 Å². The highest BCUT2D eigenvalue weighted by Crippen LogP contribution is 2.49. The van der Waals surface area contributed by atoms with Crippen molar-refractivity contribution in [2.24, 2.45) is 5.18 Å². The Kier molecular flexibility index (Phi) is 5.74. The van der Waals surface area contributed by atoms with Crippen LogP contribution in [0.2, 0.25) is 5.02 Å². The lowest BCUT2D eigenvalue weighted by atomic mass is 9.92. The summed E-state index contributed by atoms with van der Waals surface area (Å²) in [6.07, 6.45) is 1.74. The molecule has 4 aromatic rings. The molecule has 178 valence electrons. The summed E-state index contributed by atoms with van der Waals surface area (Å²) >= 11 is 6.17. The average Bonchev–Trinajstić information content (AvgIpc) is 3.31. The van der Waals surface area contributed by atoms with Gasteiger partial charge in [0.2, 0.25) is 0 Å². The molecule has 0 fully saturated rings. The number of aromatic nitrogens is 2. The first-order valence-corrected chi connectivity index (χ1v) is 11.2. The summed E-state index contributed by atoms with van der Waals surface area (Å²) in [5.74, 6) is -1.31. The normalized spacial score (nSPS) is 17.5. The molecule has 0 bridgehead atoms. The maximum atomic E-state index is 14.0. The summed E-state index contributed by atoms with van der Waals surface area (Å²) in [5, 5.41) is 10.6. The summed E-state index contributed by atoms with van der Waals surface area (Å²) in [7, 11) is 1.63. The van der Waals surface area contributed by atoms with Crippen LogP contribution in [0.15, 0.2) is 66.0 Å². The third-order valence-electron chi connectivity index (χ3n) is 6.23. The van der Waals surface area contributed by atoms with E-state index in [-0.39, 0.29) is 10.6 Å². The van der Waals surface area contributed by atoms with Crippen molar-refractivity contribution >= 4 is 51.2 Å². The molecule has 10 heteroatoms. The molecule has 0 spiro atoms. The Labute approximate surface area is 205 Å². The minimum Gasteiger partial charge on any atom is -0.382 e. The van der Waals surface area contributed by atoms with E-state index in [0.717, 1.165) is 33.7 Å². The van der Waals surface area contributed by atoms with Gasteiger partial charge in [0, 0.05) is 41.2 Å². The Morgan fingerprint density at radius 1 is 1.17 bits per heavy atom. The zero-order chi connectivity index (χ0) is 24.7. The van der Waals surface area contributed by atoms with Gasteiger partial charge in [-0.05, 0) is 61.5 Å². The number of carbonyl (C=O) groups excluding carboxylic acids is 1. The standard InChI is InChI=1S/C25H21ClFN5O3/c1-25(14-35-2)13-31(17-5-3-15(4-6-17)24(33)30-34)22-11-21-16(12-28-29-21)9-23(22)32(25)18-7-8-20(27)19(26)10-18/h3-12H,13-14H2,1-2H3,(H,28,29)/t25-/m0/s1. The van der Waals surface area contributed by atoms with Crippen LogP contribution in [-0.4, -0.2) is 41.9 Å². The van der Waals surface area contributed by atoms with Gasteiger partial charge in [-0.2, -0.15) is 5.10 Å². The second kappa shape index (κ2) is 8.75. The van der Waals surface area contributed by atoms with Crippen molar-refractivity contribution in [1.29, 1.82) is 0 Å². The molecule has 0 unspecified atom stereocenters. The topological polar surface area (TPSA) is 90.9 Å². The molecular formula is C25H21ClFN5O3. The van der Waals surface area contributed by atoms with Crippen LogP contribution in [0.1, 0.15) is 17.3 Å². The maximum Gasteiger partial charge on any atom is 0.316 e. The first kappa shape index (κ1) is 22.9. The lowest BCUT2D eigenvalue weighted by molar-refractivity contribution is 0.100. The zero-order valence-electron chi connectivity index (χ0n) is 19.0. The van der Waals surface area contributed by atoms with Crippen LogP contribution in [0.5, 0.6) is 0 Å². The number of hydrogen-bond donors (Lipinski definition) is 1. The molecule has 0 saturated carbocycles. The number of amides is 1. The second-order valence-electron chi connectivity index (χ2n) is 8.69. The fourth-order valence-corrected chi connectivity index (χ4v) is 4.89. The van der Waals surface area contributed by atoms with Crippen LogP contribution in [0.3, 0.4) is 0 Å². The van der Waals surface area contributed by atoms with E-state index in [9.17, 15) is 14.1 Å². The Hall–Kier alpha value is -3.82. The molecule has 1 amide bonds. The van der Waals surface area contributed by atoms with Gasteiger partial charge in [-0.1, -0.05) is 11.6 Å². The fraction of sp³-hybridized carbons (Fsp3) is 0.200. The number of aromatic amines is 1. The summed E-state index contributed by atoms with van der Waals surface area (Å²) in [6.45, 7) is 2.90. The number of anilines is 4. The van der Waals surface area contributed by atoms with Crippen molar-refractivity contribution in [3.05, 3.63) is 82.1 Å². The van der Waals surface area contributed by atoms with Gasteiger partial charge in [-0.25, -0.2) is 4.39 Å². The Balaban J connectivity index is 1.72. The van der Waals surface area contributed by atoms with Crippen LogP contribution in [0.4, 0.5) is 27.1 Å².